The third-order valence-corrected chi connectivity index (χ3v) is 11.2. The minimum atomic E-state index is -1.73. The zero-order valence-electron chi connectivity index (χ0n) is 24.0. The van der Waals surface area contributed by atoms with Crippen LogP contribution in [0, 0.1) is 28.6 Å². The Bertz CT molecular complexity index is 1120. The van der Waals surface area contributed by atoms with Gasteiger partial charge in [0.15, 0.2) is 18.0 Å². The summed E-state index contributed by atoms with van der Waals surface area (Å²) in [5.41, 5.74) is -2.65. The second-order valence-electron chi connectivity index (χ2n) is 12.2. The largest absolute Gasteiger partial charge is 0.509 e. The van der Waals surface area contributed by atoms with Crippen LogP contribution in [0.5, 0.6) is 0 Å². The topological polar surface area (TPSA) is 125 Å². The van der Waals surface area contributed by atoms with Crippen molar-refractivity contribution in [3.05, 3.63) is 23.8 Å². The Balaban J connectivity index is 1.74. The maximum absolute atomic E-state index is 14.0. The van der Waals surface area contributed by atoms with E-state index in [-0.39, 0.29) is 30.6 Å². The standard InChI is InChI=1S/C30H41ClO9/c1-6-7-8-13-38-26(36)40-30(24(34)17-39-25(35)37-5)18(2)14-22-21-10-9-19-15-20(32)11-12-27(19,3)29(21,31)23(33)16-28(22,30)4/h11-12,15,18,21-23,33H,6-10,13-14,16-17H2,1-5H3/t18-,21+,22+,23?,27+,28+,29+,30+/m1/s1. The molecule has 0 saturated heterocycles. The van der Waals surface area contributed by atoms with Gasteiger partial charge in [0.05, 0.1) is 24.7 Å². The Morgan fingerprint density at radius 3 is 2.52 bits per heavy atom. The molecule has 9 nitrogen and oxygen atoms in total. The van der Waals surface area contributed by atoms with Crippen molar-refractivity contribution in [1.29, 1.82) is 0 Å². The average Bonchev–Trinajstić information content (AvgIpc) is 3.12. The number of hydrogen-bond donors (Lipinski definition) is 1. The van der Waals surface area contributed by atoms with Gasteiger partial charge in [-0.1, -0.05) is 52.2 Å². The number of ketones is 2. The maximum atomic E-state index is 14.0. The third kappa shape index (κ3) is 4.48. The van der Waals surface area contributed by atoms with Crippen LogP contribution in [0.4, 0.5) is 9.59 Å². The SMILES string of the molecule is CCCCCOC(=O)O[C@]1(C(=O)COC(=O)OC)[C@H](C)C[C@H]2[C@@H]3CCC4=CC(=O)C=C[C@]4(C)[C@@]3(Cl)C(O)C[C@@]21C. The highest BCUT2D eigenvalue weighted by Gasteiger charge is 2.76. The summed E-state index contributed by atoms with van der Waals surface area (Å²) in [6.07, 6.45) is 6.07. The van der Waals surface area contributed by atoms with Gasteiger partial charge in [-0.15, -0.1) is 11.6 Å². The van der Waals surface area contributed by atoms with Crippen LogP contribution < -0.4 is 0 Å². The van der Waals surface area contributed by atoms with E-state index in [9.17, 15) is 24.3 Å². The van der Waals surface area contributed by atoms with E-state index in [4.69, 9.17) is 25.8 Å². The Hall–Kier alpha value is -2.39. The van der Waals surface area contributed by atoms with Gasteiger partial charge in [-0.25, -0.2) is 9.59 Å². The first kappa shape index (κ1) is 30.6. The molecule has 4 rings (SSSR count). The molecule has 0 aromatic rings. The first-order chi connectivity index (χ1) is 18.8. The fraction of sp³-hybridized carbons (Fsp3) is 0.733. The van der Waals surface area contributed by atoms with Gasteiger partial charge in [0.25, 0.3) is 0 Å². The van der Waals surface area contributed by atoms with Crippen molar-refractivity contribution < 1.29 is 43.2 Å². The van der Waals surface area contributed by atoms with Crippen LogP contribution in [-0.4, -0.2) is 65.9 Å². The van der Waals surface area contributed by atoms with Crippen molar-refractivity contribution >= 4 is 35.5 Å². The number of unbranched alkanes of at least 4 members (excludes halogenated alkanes) is 2. The molecular formula is C30H41ClO9. The minimum Gasteiger partial charge on any atom is -0.438 e. The lowest BCUT2D eigenvalue weighted by molar-refractivity contribution is -0.185. The molecule has 4 aliphatic rings. The van der Waals surface area contributed by atoms with Crippen LogP contribution in [0.3, 0.4) is 0 Å². The smallest absolute Gasteiger partial charge is 0.438 e. The Morgan fingerprint density at radius 1 is 1.12 bits per heavy atom. The Kier molecular flexibility index (Phi) is 8.50. The summed E-state index contributed by atoms with van der Waals surface area (Å²) in [4.78, 5) is 49.9. The number of halogens is 1. The molecule has 222 valence electrons. The van der Waals surface area contributed by atoms with E-state index >= 15 is 0 Å². The summed E-state index contributed by atoms with van der Waals surface area (Å²) in [6, 6.07) is 0. The number of hydrogen-bond acceptors (Lipinski definition) is 9. The van der Waals surface area contributed by atoms with Crippen LogP contribution in [0.1, 0.15) is 72.6 Å². The van der Waals surface area contributed by atoms with E-state index < -0.39 is 58.0 Å². The lowest BCUT2D eigenvalue weighted by Gasteiger charge is -2.64. The van der Waals surface area contributed by atoms with Gasteiger partial charge in [0, 0.05) is 16.7 Å². The summed E-state index contributed by atoms with van der Waals surface area (Å²) >= 11 is 7.51. The Morgan fingerprint density at radius 2 is 1.85 bits per heavy atom. The van der Waals surface area contributed by atoms with Crippen molar-refractivity contribution in [2.24, 2.45) is 28.6 Å². The molecule has 0 aliphatic heterocycles. The Labute approximate surface area is 240 Å². The first-order valence-electron chi connectivity index (χ1n) is 14.2. The maximum Gasteiger partial charge on any atom is 0.509 e. The molecule has 0 bridgehead atoms. The van der Waals surface area contributed by atoms with Crippen molar-refractivity contribution in [3.63, 3.8) is 0 Å². The number of alkyl halides is 1. The van der Waals surface area contributed by atoms with Crippen molar-refractivity contribution in [2.45, 2.75) is 89.2 Å². The van der Waals surface area contributed by atoms with Gasteiger partial charge in [0.1, 0.15) is 0 Å². The van der Waals surface area contributed by atoms with Crippen molar-refractivity contribution in [2.75, 3.05) is 20.3 Å². The number of carbonyl (C=O) groups excluding carboxylic acids is 4. The monoisotopic (exact) mass is 580 g/mol. The summed E-state index contributed by atoms with van der Waals surface area (Å²) in [5, 5.41) is 11.9. The normalized spacial score (nSPS) is 39.8. The molecule has 0 spiro atoms. The lowest BCUT2D eigenvalue weighted by Crippen LogP contribution is -2.69. The molecule has 3 fully saturated rings. The van der Waals surface area contributed by atoms with Gasteiger partial charge in [-0.3, -0.25) is 9.59 Å². The highest BCUT2D eigenvalue weighted by molar-refractivity contribution is 6.26. The molecular weight excluding hydrogens is 540 g/mol. The van der Waals surface area contributed by atoms with Crippen LogP contribution in [0.25, 0.3) is 0 Å². The van der Waals surface area contributed by atoms with Crippen LogP contribution >= 0.6 is 11.6 Å². The second-order valence-corrected chi connectivity index (χ2v) is 12.8. The van der Waals surface area contributed by atoms with E-state index in [0.717, 1.165) is 25.5 Å². The van der Waals surface area contributed by atoms with Crippen LogP contribution in [-0.2, 0) is 28.5 Å². The zero-order valence-corrected chi connectivity index (χ0v) is 24.8. The summed E-state index contributed by atoms with van der Waals surface area (Å²) in [7, 11) is 1.14. The molecule has 3 saturated carbocycles. The highest BCUT2D eigenvalue weighted by atomic mass is 35.5. The predicted molar refractivity (Wildman–Crippen MR) is 146 cm³/mol. The van der Waals surface area contributed by atoms with Crippen LogP contribution in [0.2, 0.25) is 0 Å². The fourth-order valence-electron chi connectivity index (χ4n) is 8.36. The van der Waals surface area contributed by atoms with E-state index in [1.54, 1.807) is 12.2 Å². The van der Waals surface area contributed by atoms with Gasteiger partial charge in [-0.05, 0) is 56.1 Å². The van der Waals surface area contributed by atoms with E-state index in [0.29, 0.717) is 25.7 Å². The number of aliphatic hydroxyl groups is 1. The number of rotatable bonds is 8. The van der Waals surface area contributed by atoms with Crippen molar-refractivity contribution in [1.82, 2.24) is 0 Å². The summed E-state index contributed by atoms with van der Waals surface area (Å²) < 4.78 is 21.0. The predicted octanol–water partition coefficient (Wildman–Crippen LogP) is 5.31. The van der Waals surface area contributed by atoms with E-state index in [1.807, 2.05) is 27.7 Å². The number of methoxy groups -OCH3 is 1. The number of Topliss-reactive ketones (excluding diaryl/α,β-unsaturated/α-hetero) is 1. The van der Waals surface area contributed by atoms with E-state index in [2.05, 4.69) is 4.74 Å². The van der Waals surface area contributed by atoms with E-state index in [1.165, 1.54) is 6.08 Å². The fourth-order valence-corrected chi connectivity index (χ4v) is 8.88. The average molecular weight is 581 g/mol. The molecule has 10 heteroatoms. The first-order valence-corrected chi connectivity index (χ1v) is 14.6. The summed E-state index contributed by atoms with van der Waals surface area (Å²) in [5.74, 6) is -1.66. The van der Waals surface area contributed by atoms with Crippen molar-refractivity contribution in [3.8, 4) is 0 Å². The lowest BCUT2D eigenvalue weighted by atomic mass is 9.45. The molecule has 0 heterocycles. The number of ether oxygens (including phenoxy) is 4. The molecule has 0 radical (unpaired) electrons. The molecule has 0 aromatic carbocycles. The van der Waals surface area contributed by atoms with Gasteiger partial charge in [0.2, 0.25) is 5.78 Å². The molecule has 1 N–H and O–H groups in total. The quantitative estimate of drug-likeness (QED) is 0.231. The highest BCUT2D eigenvalue weighted by Crippen LogP contribution is 2.72. The van der Waals surface area contributed by atoms with Gasteiger partial charge < -0.3 is 24.1 Å². The molecule has 4 aliphatic carbocycles. The molecule has 8 atom stereocenters. The number of allylic oxidation sites excluding steroid dienone is 4. The number of fused-ring (bicyclic) bond motifs is 5. The number of aliphatic hydroxyl groups excluding tert-OH is 1. The molecule has 0 amide bonds. The third-order valence-electron chi connectivity index (χ3n) is 10.3. The zero-order chi connectivity index (χ0) is 29.5. The summed E-state index contributed by atoms with van der Waals surface area (Å²) in [6.45, 7) is 7.17. The molecule has 1 unspecified atom stereocenters. The number of carbonyl (C=O) groups is 4. The second kappa shape index (κ2) is 11.1. The minimum absolute atomic E-state index is 0.0553. The van der Waals surface area contributed by atoms with Gasteiger partial charge in [-0.2, -0.15) is 0 Å². The molecule has 40 heavy (non-hydrogen) atoms. The molecule has 0 aromatic heterocycles. The van der Waals surface area contributed by atoms with Crippen LogP contribution in [0.15, 0.2) is 23.8 Å². The van der Waals surface area contributed by atoms with Gasteiger partial charge >= 0.3 is 12.3 Å².